The van der Waals surface area contributed by atoms with E-state index in [0.29, 0.717) is 53.4 Å². The first-order valence-corrected chi connectivity index (χ1v) is 10.0. The van der Waals surface area contributed by atoms with Crippen LogP contribution in [0.2, 0.25) is 0 Å². The van der Waals surface area contributed by atoms with Crippen LogP contribution < -0.4 is 9.47 Å². The number of Topliss-reactive ketones (excluding diaryl/α,β-unsaturated/α-hetero) is 1. The summed E-state index contributed by atoms with van der Waals surface area (Å²) in [6.45, 7) is 5.11. The predicted molar refractivity (Wildman–Crippen MR) is 108 cm³/mol. The standard InChI is InChI=1S/C21H18FN3O3S/c1-2-9-25-20(15-5-3-4-6-16(15)22)23-24-21(25)29-13-17(26)14-7-8-18-19(12-14)28-11-10-27-18/h2-8,12H,1,9-11,13H2. The van der Waals surface area contributed by atoms with Crippen LogP contribution in [0.15, 0.2) is 60.3 Å². The Morgan fingerprint density at radius 2 is 1.97 bits per heavy atom. The number of nitrogens with zero attached hydrogens (tertiary/aromatic N) is 3. The fourth-order valence-electron chi connectivity index (χ4n) is 2.96. The molecule has 29 heavy (non-hydrogen) atoms. The molecule has 0 atom stereocenters. The van der Waals surface area contributed by atoms with Gasteiger partial charge in [0, 0.05) is 12.1 Å². The first kappa shape index (κ1) is 19.2. The number of benzene rings is 2. The molecule has 2 aromatic carbocycles. The highest BCUT2D eigenvalue weighted by Gasteiger charge is 2.19. The molecule has 0 spiro atoms. The van der Waals surface area contributed by atoms with E-state index in [1.807, 2.05) is 0 Å². The molecule has 0 radical (unpaired) electrons. The normalized spacial score (nSPS) is 12.6. The number of thioether (sulfide) groups is 1. The molecular formula is C21H18FN3O3S. The molecule has 148 valence electrons. The minimum atomic E-state index is -0.380. The Balaban J connectivity index is 1.53. The van der Waals surface area contributed by atoms with Crippen molar-refractivity contribution in [3.8, 4) is 22.9 Å². The first-order valence-electron chi connectivity index (χ1n) is 9.02. The molecule has 1 aliphatic rings. The molecule has 2 heterocycles. The van der Waals surface area contributed by atoms with Crippen LogP contribution in [0.5, 0.6) is 11.5 Å². The van der Waals surface area contributed by atoms with Gasteiger partial charge in [0.05, 0.1) is 11.3 Å². The van der Waals surface area contributed by atoms with Crippen LogP contribution in [0.3, 0.4) is 0 Å². The summed E-state index contributed by atoms with van der Waals surface area (Å²) in [7, 11) is 0. The fraction of sp³-hybridized carbons (Fsp3) is 0.190. The number of rotatable bonds is 7. The van der Waals surface area contributed by atoms with Gasteiger partial charge in [-0.2, -0.15) is 0 Å². The monoisotopic (exact) mass is 411 g/mol. The molecule has 0 N–H and O–H groups in total. The highest BCUT2D eigenvalue weighted by atomic mass is 32.2. The van der Waals surface area contributed by atoms with Crippen molar-refractivity contribution in [2.24, 2.45) is 0 Å². The van der Waals surface area contributed by atoms with Gasteiger partial charge in [0.1, 0.15) is 19.0 Å². The Kier molecular flexibility index (Phi) is 5.62. The van der Waals surface area contributed by atoms with Crippen LogP contribution >= 0.6 is 11.8 Å². The Hall–Kier alpha value is -3.13. The van der Waals surface area contributed by atoms with Crippen molar-refractivity contribution in [3.63, 3.8) is 0 Å². The molecule has 0 saturated heterocycles. The molecule has 0 unspecified atom stereocenters. The van der Waals surface area contributed by atoms with Crippen LogP contribution in [0, 0.1) is 5.82 Å². The van der Waals surface area contributed by atoms with E-state index < -0.39 is 0 Å². The van der Waals surface area contributed by atoms with Crippen molar-refractivity contribution >= 4 is 17.5 Å². The predicted octanol–water partition coefficient (Wildman–Crippen LogP) is 4.02. The van der Waals surface area contributed by atoms with Gasteiger partial charge in [0.2, 0.25) is 0 Å². The Labute approximate surface area is 171 Å². The summed E-state index contributed by atoms with van der Waals surface area (Å²) < 4.78 is 26.9. The fourth-order valence-corrected chi connectivity index (χ4v) is 3.80. The third-order valence-corrected chi connectivity index (χ3v) is 5.31. The van der Waals surface area contributed by atoms with E-state index in [9.17, 15) is 9.18 Å². The van der Waals surface area contributed by atoms with E-state index in [0.717, 1.165) is 0 Å². The van der Waals surface area contributed by atoms with E-state index >= 15 is 0 Å². The van der Waals surface area contributed by atoms with Crippen molar-refractivity contribution in [2.75, 3.05) is 19.0 Å². The van der Waals surface area contributed by atoms with Gasteiger partial charge >= 0.3 is 0 Å². The van der Waals surface area contributed by atoms with Crippen LogP contribution in [0.1, 0.15) is 10.4 Å². The second-order valence-corrected chi connectivity index (χ2v) is 7.20. The molecule has 1 aliphatic heterocycles. The molecule has 8 heteroatoms. The number of carbonyl (C=O) groups is 1. The summed E-state index contributed by atoms with van der Waals surface area (Å²) in [4.78, 5) is 12.6. The quantitative estimate of drug-likeness (QED) is 0.332. The van der Waals surface area contributed by atoms with Gasteiger partial charge in [-0.05, 0) is 30.3 Å². The summed E-state index contributed by atoms with van der Waals surface area (Å²) in [5, 5.41) is 8.81. The summed E-state index contributed by atoms with van der Waals surface area (Å²) in [6, 6.07) is 11.5. The number of fused-ring (bicyclic) bond motifs is 1. The molecule has 0 amide bonds. The zero-order chi connectivity index (χ0) is 20.2. The molecule has 0 saturated carbocycles. The van der Waals surface area contributed by atoms with Crippen LogP contribution in [0.25, 0.3) is 11.4 Å². The lowest BCUT2D eigenvalue weighted by molar-refractivity contribution is 0.102. The van der Waals surface area contributed by atoms with Crippen molar-refractivity contribution in [3.05, 3.63) is 66.5 Å². The second-order valence-electron chi connectivity index (χ2n) is 6.26. The summed E-state index contributed by atoms with van der Waals surface area (Å²) in [5.74, 6) is 1.31. The average molecular weight is 411 g/mol. The van der Waals surface area contributed by atoms with Crippen molar-refractivity contribution in [2.45, 2.75) is 11.7 Å². The minimum absolute atomic E-state index is 0.0763. The van der Waals surface area contributed by atoms with Gasteiger partial charge < -0.3 is 9.47 Å². The van der Waals surface area contributed by atoms with Gasteiger partial charge in [0.15, 0.2) is 28.3 Å². The van der Waals surface area contributed by atoms with Gasteiger partial charge in [0.25, 0.3) is 0 Å². The highest BCUT2D eigenvalue weighted by molar-refractivity contribution is 7.99. The third kappa shape index (κ3) is 4.02. The zero-order valence-electron chi connectivity index (χ0n) is 15.5. The molecule has 1 aromatic heterocycles. The van der Waals surface area contributed by atoms with Crippen molar-refractivity contribution in [1.82, 2.24) is 14.8 Å². The van der Waals surface area contributed by atoms with E-state index in [4.69, 9.17) is 9.47 Å². The van der Waals surface area contributed by atoms with Crippen LogP contribution in [-0.2, 0) is 6.54 Å². The first-order chi connectivity index (χ1) is 14.2. The van der Waals surface area contributed by atoms with E-state index in [-0.39, 0.29) is 17.4 Å². The number of hydrogen-bond donors (Lipinski definition) is 0. The van der Waals surface area contributed by atoms with Crippen LogP contribution in [0.4, 0.5) is 4.39 Å². The van der Waals surface area contributed by atoms with Gasteiger partial charge in [-0.3, -0.25) is 9.36 Å². The zero-order valence-corrected chi connectivity index (χ0v) is 16.3. The summed E-state index contributed by atoms with van der Waals surface area (Å²) >= 11 is 1.25. The SMILES string of the molecule is C=CCn1c(SCC(=O)c2ccc3c(c2)OCCO3)nnc1-c1ccccc1F. The number of hydrogen-bond acceptors (Lipinski definition) is 6. The molecular weight excluding hydrogens is 393 g/mol. The number of allylic oxidation sites excluding steroid dienone is 1. The average Bonchev–Trinajstić information content (AvgIpc) is 3.14. The largest absolute Gasteiger partial charge is 0.486 e. The second kappa shape index (κ2) is 8.48. The molecule has 0 bridgehead atoms. The number of ether oxygens (including phenoxy) is 2. The molecule has 0 aliphatic carbocycles. The Bertz CT molecular complexity index is 1070. The van der Waals surface area contributed by atoms with Crippen molar-refractivity contribution in [1.29, 1.82) is 0 Å². The third-order valence-electron chi connectivity index (χ3n) is 4.34. The topological polar surface area (TPSA) is 66.2 Å². The lowest BCUT2D eigenvalue weighted by Gasteiger charge is -2.18. The molecule has 0 fully saturated rings. The minimum Gasteiger partial charge on any atom is -0.486 e. The summed E-state index contributed by atoms with van der Waals surface area (Å²) in [6.07, 6.45) is 1.68. The number of halogens is 1. The maximum atomic E-state index is 14.2. The Morgan fingerprint density at radius 3 is 2.76 bits per heavy atom. The Morgan fingerprint density at radius 1 is 1.17 bits per heavy atom. The smallest absolute Gasteiger partial charge is 0.192 e. The van der Waals surface area contributed by atoms with Gasteiger partial charge in [-0.25, -0.2) is 4.39 Å². The van der Waals surface area contributed by atoms with Crippen molar-refractivity contribution < 1.29 is 18.7 Å². The lowest BCUT2D eigenvalue weighted by Crippen LogP contribution is -2.16. The number of ketones is 1. The number of aromatic nitrogens is 3. The molecule has 3 aromatic rings. The van der Waals surface area contributed by atoms with Crippen LogP contribution in [-0.4, -0.2) is 39.5 Å². The van der Waals surface area contributed by atoms with E-state index in [1.54, 1.807) is 47.0 Å². The van der Waals surface area contributed by atoms with Gasteiger partial charge in [-0.1, -0.05) is 30.0 Å². The summed E-state index contributed by atoms with van der Waals surface area (Å²) in [5.41, 5.74) is 0.887. The molecule has 4 rings (SSSR count). The van der Waals surface area contributed by atoms with E-state index in [1.165, 1.54) is 17.8 Å². The lowest BCUT2D eigenvalue weighted by atomic mass is 10.1. The van der Waals surface area contributed by atoms with E-state index in [2.05, 4.69) is 16.8 Å². The van der Waals surface area contributed by atoms with Gasteiger partial charge in [-0.15, -0.1) is 16.8 Å². The molecule has 6 nitrogen and oxygen atoms in total. The maximum Gasteiger partial charge on any atom is 0.192 e. The number of carbonyl (C=O) groups excluding carboxylic acids is 1. The maximum absolute atomic E-state index is 14.2. The highest BCUT2D eigenvalue weighted by Crippen LogP contribution is 2.32.